The van der Waals surface area contributed by atoms with Gasteiger partial charge in [0, 0.05) is 19.3 Å². The molecular formula is C25H44O6. The van der Waals surface area contributed by atoms with Crippen molar-refractivity contribution in [2.24, 2.45) is 0 Å². The normalized spacial score (nSPS) is 11.3. The third-order valence-corrected chi connectivity index (χ3v) is 5.30. The highest BCUT2D eigenvalue weighted by Crippen LogP contribution is 2.14. The van der Waals surface area contributed by atoms with Gasteiger partial charge >= 0.3 is 17.9 Å². The van der Waals surface area contributed by atoms with Gasteiger partial charge in [-0.1, -0.05) is 70.4 Å². The summed E-state index contributed by atoms with van der Waals surface area (Å²) in [7, 11) is 0. The van der Waals surface area contributed by atoms with Crippen molar-refractivity contribution in [1.29, 1.82) is 0 Å². The van der Waals surface area contributed by atoms with Crippen molar-refractivity contribution in [3.63, 3.8) is 0 Å². The molecule has 0 atom stereocenters. The fourth-order valence-electron chi connectivity index (χ4n) is 3.42. The average molecular weight is 441 g/mol. The molecule has 0 aromatic rings. The number of carbonyl (C=O) groups excluding carboxylic acids is 1. The van der Waals surface area contributed by atoms with Gasteiger partial charge in [0.25, 0.3) is 0 Å². The summed E-state index contributed by atoms with van der Waals surface area (Å²) in [6.07, 6.45) is 19.7. The summed E-state index contributed by atoms with van der Waals surface area (Å²) in [5.41, 5.74) is 0. The number of ether oxygens (including phenoxy) is 1. The second-order valence-electron chi connectivity index (χ2n) is 8.31. The molecule has 0 unspecified atom stereocenters. The molecule has 0 aliphatic heterocycles. The molecule has 0 amide bonds. The van der Waals surface area contributed by atoms with E-state index in [-0.39, 0.29) is 31.7 Å². The minimum Gasteiger partial charge on any atom is -0.481 e. The van der Waals surface area contributed by atoms with Crippen LogP contribution in [0.1, 0.15) is 122 Å². The monoisotopic (exact) mass is 440 g/mol. The van der Waals surface area contributed by atoms with E-state index in [1.54, 1.807) is 0 Å². The maximum absolute atomic E-state index is 12.0. The van der Waals surface area contributed by atoms with Crippen LogP contribution in [-0.4, -0.2) is 34.2 Å². The number of carboxylic acids is 2. The number of allylic oxidation sites excluding steroid dienone is 2. The fraction of sp³-hybridized carbons (Fsp3) is 0.800. The largest absolute Gasteiger partial charge is 0.481 e. The number of unbranched alkanes of at least 4 members (excludes halogenated alkanes) is 11. The second-order valence-corrected chi connectivity index (χ2v) is 8.31. The van der Waals surface area contributed by atoms with E-state index in [1.165, 1.54) is 51.4 Å². The van der Waals surface area contributed by atoms with Crippen LogP contribution in [-0.2, 0) is 19.1 Å². The predicted molar refractivity (Wildman–Crippen MR) is 123 cm³/mol. The van der Waals surface area contributed by atoms with E-state index in [0.29, 0.717) is 6.42 Å². The van der Waals surface area contributed by atoms with Crippen molar-refractivity contribution in [3.8, 4) is 0 Å². The van der Waals surface area contributed by atoms with Crippen LogP contribution in [0.3, 0.4) is 0 Å². The molecule has 0 saturated carbocycles. The first-order chi connectivity index (χ1) is 15.0. The molecule has 0 aromatic carbocycles. The molecule has 31 heavy (non-hydrogen) atoms. The van der Waals surface area contributed by atoms with Crippen molar-refractivity contribution >= 4 is 17.9 Å². The van der Waals surface area contributed by atoms with E-state index in [0.717, 1.165) is 32.1 Å². The van der Waals surface area contributed by atoms with Crippen molar-refractivity contribution < 1.29 is 29.3 Å². The van der Waals surface area contributed by atoms with Gasteiger partial charge in [0.15, 0.2) is 0 Å². The molecule has 0 fully saturated rings. The highest BCUT2D eigenvalue weighted by atomic mass is 16.5. The SMILES string of the molecule is CCCCCCCC/C=C\CCCCCCCC(=O)OC(CCC(=O)O)CCC(=O)O. The summed E-state index contributed by atoms with van der Waals surface area (Å²) in [4.78, 5) is 33.3. The quantitative estimate of drug-likeness (QED) is 0.111. The third kappa shape index (κ3) is 22.7. The Kier molecular flexibility index (Phi) is 20.1. The Bertz CT molecular complexity index is 482. The lowest BCUT2D eigenvalue weighted by Gasteiger charge is -2.16. The van der Waals surface area contributed by atoms with E-state index >= 15 is 0 Å². The van der Waals surface area contributed by atoms with Gasteiger partial charge in [0.05, 0.1) is 0 Å². The summed E-state index contributed by atoms with van der Waals surface area (Å²) in [6.45, 7) is 2.24. The van der Waals surface area contributed by atoms with Crippen LogP contribution < -0.4 is 0 Å². The minimum absolute atomic E-state index is 0.134. The third-order valence-electron chi connectivity index (χ3n) is 5.30. The lowest BCUT2D eigenvalue weighted by molar-refractivity contribution is -0.153. The Balaban J connectivity index is 3.66. The van der Waals surface area contributed by atoms with Crippen molar-refractivity contribution in [2.75, 3.05) is 0 Å². The van der Waals surface area contributed by atoms with E-state index in [4.69, 9.17) is 14.9 Å². The Hall–Kier alpha value is -1.85. The van der Waals surface area contributed by atoms with Crippen molar-refractivity contribution in [1.82, 2.24) is 0 Å². The maximum atomic E-state index is 12.0. The standard InChI is InChI=1S/C25H44O6/c1-2-3-4-5-6-7-8-9-10-11-12-13-14-15-16-17-25(30)31-22(18-20-23(26)27)19-21-24(28)29/h9-10,22H,2-8,11-21H2,1H3,(H,26,27)(H,28,29)/b10-9-. The van der Waals surface area contributed by atoms with Crippen molar-refractivity contribution in [3.05, 3.63) is 12.2 Å². The number of hydrogen-bond acceptors (Lipinski definition) is 4. The molecule has 0 radical (unpaired) electrons. The lowest BCUT2D eigenvalue weighted by atomic mass is 10.1. The first-order valence-electron chi connectivity index (χ1n) is 12.2. The molecule has 2 N–H and O–H groups in total. The molecule has 0 spiro atoms. The van der Waals surface area contributed by atoms with E-state index < -0.39 is 18.0 Å². The van der Waals surface area contributed by atoms with Gasteiger partial charge in [0.1, 0.15) is 6.10 Å². The first-order valence-corrected chi connectivity index (χ1v) is 12.2. The highest BCUT2D eigenvalue weighted by Gasteiger charge is 2.17. The number of esters is 1. The van der Waals surface area contributed by atoms with Gasteiger partial charge in [-0.3, -0.25) is 14.4 Å². The maximum Gasteiger partial charge on any atom is 0.306 e. The molecule has 180 valence electrons. The van der Waals surface area contributed by atoms with Crippen LogP contribution in [0.15, 0.2) is 12.2 Å². The molecule has 0 bridgehead atoms. The summed E-state index contributed by atoms with van der Waals surface area (Å²) in [5, 5.41) is 17.5. The van der Waals surface area contributed by atoms with E-state index in [2.05, 4.69) is 19.1 Å². The van der Waals surface area contributed by atoms with Gasteiger partial charge in [0.2, 0.25) is 0 Å². The predicted octanol–water partition coefficient (Wildman–Crippen LogP) is 6.67. The van der Waals surface area contributed by atoms with Crippen LogP contribution in [0.4, 0.5) is 0 Å². The van der Waals surface area contributed by atoms with Crippen molar-refractivity contribution in [2.45, 2.75) is 129 Å². The number of hydrogen-bond donors (Lipinski definition) is 2. The number of carbonyl (C=O) groups is 3. The topological polar surface area (TPSA) is 101 Å². The van der Waals surface area contributed by atoms with Crippen LogP contribution in [0.5, 0.6) is 0 Å². The smallest absolute Gasteiger partial charge is 0.306 e. The van der Waals surface area contributed by atoms with Gasteiger partial charge in [-0.05, 0) is 44.9 Å². The van der Waals surface area contributed by atoms with Crippen LogP contribution in [0, 0.1) is 0 Å². The Morgan fingerprint density at radius 2 is 1.13 bits per heavy atom. The lowest BCUT2D eigenvalue weighted by Crippen LogP contribution is -2.20. The van der Waals surface area contributed by atoms with Gasteiger partial charge in [-0.25, -0.2) is 0 Å². The molecule has 6 heteroatoms. The van der Waals surface area contributed by atoms with E-state index in [9.17, 15) is 14.4 Å². The Labute approximate surface area is 188 Å². The number of carboxylic acid groups (broad SMARTS) is 2. The van der Waals surface area contributed by atoms with Crippen LogP contribution in [0.25, 0.3) is 0 Å². The first kappa shape index (κ1) is 29.1. The zero-order valence-corrected chi connectivity index (χ0v) is 19.5. The van der Waals surface area contributed by atoms with Gasteiger partial charge in [-0.2, -0.15) is 0 Å². The molecule has 0 aliphatic rings. The molecule has 0 saturated heterocycles. The van der Waals surface area contributed by atoms with E-state index in [1.807, 2.05) is 0 Å². The molecule has 0 aliphatic carbocycles. The highest BCUT2D eigenvalue weighted by molar-refractivity contribution is 5.70. The van der Waals surface area contributed by atoms with Gasteiger partial charge < -0.3 is 14.9 Å². The number of aliphatic carboxylic acids is 2. The Morgan fingerprint density at radius 1 is 0.677 bits per heavy atom. The van der Waals surface area contributed by atoms with Gasteiger partial charge in [-0.15, -0.1) is 0 Å². The fourth-order valence-corrected chi connectivity index (χ4v) is 3.42. The van der Waals surface area contributed by atoms with Crippen LogP contribution >= 0.6 is 0 Å². The second kappa shape index (κ2) is 21.4. The summed E-state index contributed by atoms with van der Waals surface area (Å²) in [5.74, 6) is -2.32. The summed E-state index contributed by atoms with van der Waals surface area (Å²) >= 11 is 0. The zero-order valence-electron chi connectivity index (χ0n) is 19.5. The summed E-state index contributed by atoms with van der Waals surface area (Å²) in [6, 6.07) is 0. The Morgan fingerprint density at radius 3 is 1.61 bits per heavy atom. The zero-order chi connectivity index (χ0) is 23.2. The average Bonchev–Trinajstić information content (AvgIpc) is 2.72. The number of rotatable bonds is 22. The molecular weight excluding hydrogens is 396 g/mol. The van der Waals surface area contributed by atoms with Crippen LogP contribution in [0.2, 0.25) is 0 Å². The minimum atomic E-state index is -0.978. The molecule has 6 nitrogen and oxygen atoms in total. The molecule has 0 aromatic heterocycles. The molecule has 0 heterocycles. The summed E-state index contributed by atoms with van der Waals surface area (Å²) < 4.78 is 5.30. The molecule has 0 rings (SSSR count).